The molecular formula is C36H22BrN. The highest BCUT2D eigenvalue weighted by atomic mass is 79.9. The highest BCUT2D eigenvalue weighted by molar-refractivity contribution is 9.10. The van der Waals surface area contributed by atoms with Crippen molar-refractivity contribution >= 4 is 15.9 Å². The smallest absolute Gasteiger partial charge is 0.107 e. The summed E-state index contributed by atoms with van der Waals surface area (Å²) in [7, 11) is 0. The molecule has 178 valence electrons. The third-order valence-electron chi connectivity index (χ3n) is 8.20. The van der Waals surface area contributed by atoms with Crippen molar-refractivity contribution in [3.05, 3.63) is 160 Å². The fraction of sp³-hybridized carbons (Fsp3) is 0.0278. The van der Waals surface area contributed by atoms with Gasteiger partial charge in [-0.25, -0.2) is 4.98 Å². The molecule has 0 aliphatic heterocycles. The van der Waals surface area contributed by atoms with Crippen LogP contribution in [0.1, 0.15) is 22.3 Å². The maximum absolute atomic E-state index is 5.00. The van der Waals surface area contributed by atoms with Gasteiger partial charge in [-0.3, -0.25) is 0 Å². The Morgan fingerprint density at radius 1 is 0.447 bits per heavy atom. The van der Waals surface area contributed by atoms with Crippen molar-refractivity contribution in [1.29, 1.82) is 0 Å². The van der Waals surface area contributed by atoms with Crippen molar-refractivity contribution in [3.8, 4) is 44.6 Å². The Hall–Kier alpha value is -4.27. The standard InChI is InChI=1S/C36H22BrN/c37-34-22-24(23-11-2-1-3-12-23)21-33(38-34)28-16-10-20-32-35(28)27-15-6-9-19-31(27)36(32)29-17-7-4-13-25(29)26-14-5-8-18-30(26)36/h1-22H. The zero-order valence-electron chi connectivity index (χ0n) is 20.5. The predicted molar refractivity (Wildman–Crippen MR) is 159 cm³/mol. The van der Waals surface area contributed by atoms with E-state index in [1.165, 1.54) is 50.1 Å². The fourth-order valence-electron chi connectivity index (χ4n) is 6.79. The molecule has 1 spiro atoms. The van der Waals surface area contributed by atoms with Gasteiger partial charge in [0.25, 0.3) is 0 Å². The summed E-state index contributed by atoms with van der Waals surface area (Å²) < 4.78 is 0.837. The molecule has 5 aromatic carbocycles. The van der Waals surface area contributed by atoms with Crippen LogP contribution in [0.25, 0.3) is 44.6 Å². The van der Waals surface area contributed by atoms with Crippen LogP contribution in [-0.2, 0) is 5.41 Å². The van der Waals surface area contributed by atoms with Gasteiger partial charge in [0.05, 0.1) is 11.1 Å². The normalized spacial score (nSPS) is 13.6. The Labute approximate surface area is 230 Å². The molecule has 8 rings (SSSR count). The lowest BCUT2D eigenvalue weighted by Crippen LogP contribution is -2.25. The summed E-state index contributed by atoms with van der Waals surface area (Å²) in [6.45, 7) is 0. The SMILES string of the molecule is Brc1cc(-c2ccccc2)cc(-c2cccc3c2-c2ccccc2C32c3ccccc3-c3ccccc32)n1. The van der Waals surface area contributed by atoms with E-state index in [0.717, 1.165) is 21.4 Å². The van der Waals surface area contributed by atoms with Gasteiger partial charge < -0.3 is 0 Å². The molecule has 0 saturated carbocycles. The Bertz CT molecular complexity index is 1840. The molecule has 0 radical (unpaired) electrons. The zero-order chi connectivity index (χ0) is 25.3. The molecular weight excluding hydrogens is 526 g/mol. The van der Waals surface area contributed by atoms with E-state index >= 15 is 0 Å². The number of benzene rings is 5. The number of pyridine rings is 1. The number of aromatic nitrogens is 1. The van der Waals surface area contributed by atoms with Gasteiger partial charge in [0, 0.05) is 5.56 Å². The van der Waals surface area contributed by atoms with Gasteiger partial charge in [0.1, 0.15) is 4.60 Å². The van der Waals surface area contributed by atoms with Crippen molar-refractivity contribution in [2.75, 3.05) is 0 Å². The number of nitrogens with zero attached hydrogens (tertiary/aromatic N) is 1. The number of halogens is 1. The first-order valence-corrected chi connectivity index (χ1v) is 13.7. The summed E-state index contributed by atoms with van der Waals surface area (Å²) in [5.74, 6) is 0. The number of fused-ring (bicyclic) bond motifs is 10. The second-order valence-electron chi connectivity index (χ2n) is 10.0. The van der Waals surface area contributed by atoms with E-state index in [9.17, 15) is 0 Å². The van der Waals surface area contributed by atoms with E-state index in [0.29, 0.717) is 0 Å². The van der Waals surface area contributed by atoms with Crippen molar-refractivity contribution < 1.29 is 0 Å². The minimum Gasteiger partial charge on any atom is -0.241 e. The first-order valence-electron chi connectivity index (χ1n) is 12.9. The van der Waals surface area contributed by atoms with Crippen LogP contribution in [0, 0.1) is 0 Å². The van der Waals surface area contributed by atoms with Crippen LogP contribution in [0.2, 0.25) is 0 Å². The molecule has 2 heteroatoms. The van der Waals surface area contributed by atoms with Gasteiger partial charge in [-0.15, -0.1) is 0 Å². The topological polar surface area (TPSA) is 12.9 Å². The Kier molecular flexibility index (Phi) is 4.65. The minimum absolute atomic E-state index is 0.344. The van der Waals surface area contributed by atoms with E-state index in [2.05, 4.69) is 149 Å². The summed E-state index contributed by atoms with van der Waals surface area (Å²) in [5.41, 5.74) is 14.7. The summed E-state index contributed by atoms with van der Waals surface area (Å²) >= 11 is 3.71. The highest BCUT2D eigenvalue weighted by Gasteiger charge is 2.51. The van der Waals surface area contributed by atoms with Crippen LogP contribution in [0.3, 0.4) is 0 Å². The summed E-state index contributed by atoms with van der Waals surface area (Å²) in [5, 5.41) is 0. The molecule has 1 aromatic heterocycles. The van der Waals surface area contributed by atoms with Crippen LogP contribution in [0.5, 0.6) is 0 Å². The van der Waals surface area contributed by atoms with Crippen molar-refractivity contribution in [3.63, 3.8) is 0 Å². The minimum atomic E-state index is -0.344. The molecule has 0 fully saturated rings. The Balaban J connectivity index is 1.47. The quantitative estimate of drug-likeness (QED) is 0.196. The molecule has 1 heterocycles. The summed E-state index contributed by atoms with van der Waals surface area (Å²) in [6, 6.07) is 48.4. The Morgan fingerprint density at radius 3 is 1.66 bits per heavy atom. The first kappa shape index (κ1) is 21.8. The van der Waals surface area contributed by atoms with E-state index in [4.69, 9.17) is 4.98 Å². The van der Waals surface area contributed by atoms with Crippen molar-refractivity contribution in [2.45, 2.75) is 5.41 Å². The third-order valence-corrected chi connectivity index (χ3v) is 8.60. The van der Waals surface area contributed by atoms with Gasteiger partial charge in [0.15, 0.2) is 0 Å². The lowest BCUT2D eigenvalue weighted by atomic mass is 9.70. The molecule has 0 N–H and O–H groups in total. The first-order chi connectivity index (χ1) is 18.8. The predicted octanol–water partition coefficient (Wildman–Crippen LogP) is 9.52. The average Bonchev–Trinajstić information content (AvgIpc) is 3.45. The molecule has 38 heavy (non-hydrogen) atoms. The third kappa shape index (κ3) is 2.84. The van der Waals surface area contributed by atoms with E-state index < -0.39 is 0 Å². The molecule has 0 bridgehead atoms. The van der Waals surface area contributed by atoms with Crippen LogP contribution in [-0.4, -0.2) is 4.98 Å². The lowest BCUT2D eigenvalue weighted by Gasteiger charge is -2.30. The largest absolute Gasteiger partial charge is 0.241 e. The summed E-state index contributed by atoms with van der Waals surface area (Å²) in [4.78, 5) is 5.00. The number of hydrogen-bond donors (Lipinski definition) is 0. The maximum Gasteiger partial charge on any atom is 0.107 e. The van der Waals surface area contributed by atoms with Crippen molar-refractivity contribution in [1.82, 2.24) is 4.98 Å². The average molecular weight is 548 g/mol. The van der Waals surface area contributed by atoms with Crippen LogP contribution in [0.15, 0.2) is 138 Å². The monoisotopic (exact) mass is 547 g/mol. The van der Waals surface area contributed by atoms with Crippen molar-refractivity contribution in [2.24, 2.45) is 0 Å². The highest BCUT2D eigenvalue weighted by Crippen LogP contribution is 2.63. The maximum atomic E-state index is 5.00. The van der Waals surface area contributed by atoms with E-state index in [-0.39, 0.29) is 5.41 Å². The number of hydrogen-bond acceptors (Lipinski definition) is 1. The van der Waals surface area contributed by atoms with E-state index in [1.54, 1.807) is 0 Å². The van der Waals surface area contributed by atoms with Gasteiger partial charge in [0.2, 0.25) is 0 Å². The van der Waals surface area contributed by atoms with Crippen LogP contribution in [0.4, 0.5) is 0 Å². The fourth-order valence-corrected chi connectivity index (χ4v) is 7.23. The molecule has 2 aliphatic carbocycles. The van der Waals surface area contributed by atoms with Gasteiger partial charge in [-0.2, -0.15) is 0 Å². The Morgan fingerprint density at radius 2 is 0.974 bits per heavy atom. The summed E-state index contributed by atoms with van der Waals surface area (Å²) in [6.07, 6.45) is 0. The lowest BCUT2D eigenvalue weighted by molar-refractivity contribution is 0.794. The molecule has 6 aromatic rings. The molecule has 0 amide bonds. The van der Waals surface area contributed by atoms with Gasteiger partial charge in [-0.05, 0) is 83.7 Å². The zero-order valence-corrected chi connectivity index (χ0v) is 22.1. The second-order valence-corrected chi connectivity index (χ2v) is 10.9. The van der Waals surface area contributed by atoms with Gasteiger partial charge in [-0.1, -0.05) is 121 Å². The van der Waals surface area contributed by atoms with Crippen LogP contribution >= 0.6 is 15.9 Å². The molecule has 1 nitrogen and oxygen atoms in total. The molecule has 0 atom stereocenters. The molecule has 0 unspecified atom stereocenters. The molecule has 0 saturated heterocycles. The molecule has 2 aliphatic rings. The number of rotatable bonds is 2. The van der Waals surface area contributed by atoms with Gasteiger partial charge >= 0.3 is 0 Å². The van der Waals surface area contributed by atoms with E-state index in [1.807, 2.05) is 0 Å². The van der Waals surface area contributed by atoms with Crippen LogP contribution < -0.4 is 0 Å². The second kappa shape index (κ2) is 8.11.